The standard InChI is InChI=1S/C10H3Cl2NO6/c11-5-6(12)8(17)4-3(7(5)16)9(18)13(10(4)19)1-2(14)15/h1H2,(H,14,15). The molecule has 0 aromatic heterocycles. The summed E-state index contributed by atoms with van der Waals surface area (Å²) in [4.78, 5) is 57.5. The molecule has 2 aliphatic rings. The molecule has 7 nitrogen and oxygen atoms in total. The van der Waals surface area contributed by atoms with Crippen molar-refractivity contribution in [2.75, 3.05) is 0 Å². The third-order valence-electron chi connectivity index (χ3n) is 2.51. The van der Waals surface area contributed by atoms with Crippen LogP contribution in [0.15, 0.2) is 19.2 Å². The van der Waals surface area contributed by atoms with Crippen molar-refractivity contribution in [1.29, 1.82) is 0 Å². The minimum absolute atomic E-state index is 0.280. The fourth-order valence-corrected chi connectivity index (χ4v) is 2.06. The molecule has 0 unspecified atom stereocenters. The van der Waals surface area contributed by atoms with Gasteiger partial charge in [-0.15, -0.1) is 0 Å². The molecule has 98 valence electrons. The fourth-order valence-electron chi connectivity index (χ4n) is 1.70. The van der Waals surface area contributed by atoms with Crippen LogP contribution in [0.5, 0.6) is 0 Å². The van der Waals surface area contributed by atoms with Crippen molar-refractivity contribution in [1.82, 2.24) is 4.57 Å². The average molecular weight is 304 g/mol. The summed E-state index contributed by atoms with van der Waals surface area (Å²) >= 11 is 11.0. The molecule has 0 saturated carbocycles. The Hall–Kier alpha value is -1.99. The van der Waals surface area contributed by atoms with Crippen LogP contribution < -0.4 is 22.0 Å². The summed E-state index contributed by atoms with van der Waals surface area (Å²) < 4.78 is 0.280. The Balaban J connectivity index is 3.21. The van der Waals surface area contributed by atoms with Crippen molar-refractivity contribution in [3.8, 4) is 0 Å². The number of carbonyl (C=O) groups is 1. The molecule has 0 aromatic rings. The molecule has 0 aromatic carbocycles. The highest BCUT2D eigenvalue weighted by atomic mass is 35.5. The van der Waals surface area contributed by atoms with Crippen LogP contribution in [0.1, 0.15) is 0 Å². The van der Waals surface area contributed by atoms with Crippen molar-refractivity contribution in [2.45, 2.75) is 6.54 Å². The predicted octanol–water partition coefficient (Wildman–Crippen LogP) is -1.08. The van der Waals surface area contributed by atoms with E-state index in [0.717, 1.165) is 0 Å². The number of aliphatic carboxylic acids is 1. The summed E-state index contributed by atoms with van der Waals surface area (Å²) in [5.41, 5.74) is -4.45. The van der Waals surface area contributed by atoms with E-state index in [1.807, 2.05) is 0 Å². The molecule has 9 heteroatoms. The second-order valence-corrected chi connectivity index (χ2v) is 4.38. The lowest BCUT2D eigenvalue weighted by molar-refractivity contribution is -0.137. The van der Waals surface area contributed by atoms with Gasteiger partial charge in [0.15, 0.2) is 0 Å². The van der Waals surface area contributed by atoms with Gasteiger partial charge in [0.25, 0.3) is 11.1 Å². The fraction of sp³-hybridized carbons (Fsp3) is 0.100. The quantitative estimate of drug-likeness (QED) is 0.755. The van der Waals surface area contributed by atoms with Gasteiger partial charge in [-0.05, 0) is 0 Å². The van der Waals surface area contributed by atoms with Gasteiger partial charge >= 0.3 is 5.97 Å². The largest absolute Gasteiger partial charge is 0.480 e. The van der Waals surface area contributed by atoms with E-state index in [-0.39, 0.29) is 4.57 Å². The molecule has 0 radical (unpaired) electrons. The lowest BCUT2D eigenvalue weighted by Gasteiger charge is -1.91. The molecular weight excluding hydrogens is 301 g/mol. The molecule has 0 spiro atoms. The molecule has 1 aliphatic heterocycles. The van der Waals surface area contributed by atoms with E-state index in [0.29, 0.717) is 0 Å². The summed E-state index contributed by atoms with van der Waals surface area (Å²) in [6.07, 6.45) is 0. The van der Waals surface area contributed by atoms with Gasteiger partial charge in [0.05, 0.1) is 0 Å². The number of nitrogens with zero attached hydrogens (tertiary/aromatic N) is 1. The zero-order valence-electron chi connectivity index (χ0n) is 8.90. The monoisotopic (exact) mass is 303 g/mol. The highest BCUT2D eigenvalue weighted by molar-refractivity contribution is 6.41. The Morgan fingerprint density at radius 1 is 0.947 bits per heavy atom. The second-order valence-electron chi connectivity index (χ2n) is 3.63. The van der Waals surface area contributed by atoms with Gasteiger partial charge in [-0.25, -0.2) is 0 Å². The van der Waals surface area contributed by atoms with Crippen LogP contribution in [0.4, 0.5) is 0 Å². The van der Waals surface area contributed by atoms with Crippen LogP contribution in [-0.2, 0) is 11.3 Å². The van der Waals surface area contributed by atoms with Gasteiger partial charge in [-0.2, -0.15) is 0 Å². The third kappa shape index (κ3) is 1.78. The van der Waals surface area contributed by atoms with Gasteiger partial charge in [0.1, 0.15) is 27.0 Å². The molecule has 0 amide bonds. The van der Waals surface area contributed by atoms with Gasteiger partial charge in [0, 0.05) is 0 Å². The minimum atomic E-state index is -1.47. The zero-order valence-corrected chi connectivity index (χ0v) is 10.4. The van der Waals surface area contributed by atoms with Crippen molar-refractivity contribution < 1.29 is 9.90 Å². The first-order chi connectivity index (χ1) is 8.77. The van der Waals surface area contributed by atoms with Crippen LogP contribution >= 0.6 is 23.2 Å². The average Bonchev–Trinajstić information content (AvgIpc) is 2.58. The molecule has 19 heavy (non-hydrogen) atoms. The second kappa shape index (κ2) is 4.29. The number of rotatable bonds is 2. The number of aromatic nitrogens is 1. The van der Waals surface area contributed by atoms with Gasteiger partial charge < -0.3 is 5.11 Å². The molecule has 0 saturated heterocycles. The summed E-state index contributed by atoms with van der Waals surface area (Å²) in [6, 6.07) is 0. The summed E-state index contributed by atoms with van der Waals surface area (Å²) in [5, 5.41) is 5.79. The molecule has 0 bridgehead atoms. The molecule has 0 atom stereocenters. The Labute approximate surface area is 112 Å². The Bertz CT molecular complexity index is 896. The van der Waals surface area contributed by atoms with Crippen LogP contribution in [0.3, 0.4) is 0 Å². The van der Waals surface area contributed by atoms with Crippen molar-refractivity contribution in [2.24, 2.45) is 0 Å². The van der Waals surface area contributed by atoms with Crippen LogP contribution in [0.2, 0.25) is 10.0 Å². The molecule has 1 heterocycles. The molecule has 1 aliphatic carbocycles. The van der Waals surface area contributed by atoms with Crippen LogP contribution in [0.25, 0.3) is 0 Å². The lowest BCUT2D eigenvalue weighted by Crippen LogP contribution is -2.31. The maximum atomic E-state index is 11.8. The summed E-state index contributed by atoms with van der Waals surface area (Å²) in [7, 11) is 0. The van der Waals surface area contributed by atoms with E-state index in [2.05, 4.69) is 0 Å². The maximum absolute atomic E-state index is 11.8. The number of carboxylic acids is 1. The Kier molecular flexibility index (Phi) is 3.03. The van der Waals surface area contributed by atoms with E-state index in [1.165, 1.54) is 0 Å². The normalized spacial score (nSPS) is 11.1. The van der Waals surface area contributed by atoms with E-state index < -0.39 is 55.0 Å². The van der Waals surface area contributed by atoms with E-state index >= 15 is 0 Å². The first-order valence-electron chi connectivity index (χ1n) is 4.74. The first-order valence-corrected chi connectivity index (χ1v) is 5.50. The predicted molar refractivity (Wildman–Crippen MR) is 64.8 cm³/mol. The van der Waals surface area contributed by atoms with Gasteiger partial charge in [-0.3, -0.25) is 28.5 Å². The van der Waals surface area contributed by atoms with Crippen LogP contribution in [0, 0.1) is 10.4 Å². The van der Waals surface area contributed by atoms with Gasteiger partial charge in [-0.1, -0.05) is 23.2 Å². The van der Waals surface area contributed by atoms with E-state index in [4.69, 9.17) is 28.3 Å². The number of hydrogen-bond donors (Lipinski definition) is 1. The van der Waals surface area contributed by atoms with Crippen molar-refractivity contribution >= 4 is 29.2 Å². The van der Waals surface area contributed by atoms with Crippen LogP contribution in [-0.4, -0.2) is 15.6 Å². The number of hydrogen-bond acceptors (Lipinski definition) is 5. The lowest BCUT2D eigenvalue weighted by atomic mass is 10.2. The third-order valence-corrected chi connectivity index (χ3v) is 3.32. The molecule has 2 rings (SSSR count). The van der Waals surface area contributed by atoms with E-state index in [9.17, 15) is 24.0 Å². The minimum Gasteiger partial charge on any atom is -0.480 e. The SMILES string of the molecule is O=C(O)Cn1c(=O)c2c(=O)c(Cl)c(Cl)c(=O)c=2c1=O. The summed E-state index contributed by atoms with van der Waals surface area (Å²) in [5.74, 6) is -1.47. The Morgan fingerprint density at radius 3 is 1.63 bits per heavy atom. The number of halogens is 2. The molecule has 1 N–H and O–H groups in total. The van der Waals surface area contributed by atoms with Crippen molar-refractivity contribution in [3.05, 3.63) is 61.6 Å². The van der Waals surface area contributed by atoms with Crippen molar-refractivity contribution in [3.63, 3.8) is 0 Å². The summed E-state index contributed by atoms with van der Waals surface area (Å²) in [6.45, 7) is -0.958. The maximum Gasteiger partial charge on any atom is 0.323 e. The van der Waals surface area contributed by atoms with E-state index in [1.54, 1.807) is 0 Å². The molecular formula is C10H3Cl2NO6. The topological polar surface area (TPSA) is 111 Å². The Morgan fingerprint density at radius 2 is 1.32 bits per heavy atom. The smallest absolute Gasteiger partial charge is 0.323 e. The van der Waals surface area contributed by atoms with Gasteiger partial charge in [0.2, 0.25) is 10.9 Å². The highest BCUT2D eigenvalue weighted by Crippen LogP contribution is 2.11. The first kappa shape index (κ1) is 13.4. The zero-order chi connectivity index (χ0) is 14.5. The molecule has 0 fully saturated rings. The number of carboxylic acid groups (broad SMARTS) is 1. The highest BCUT2D eigenvalue weighted by Gasteiger charge is 2.21.